The predicted octanol–water partition coefficient (Wildman–Crippen LogP) is 4.81. The molecule has 9 nitrogen and oxygen atoms in total. The normalized spacial score (nSPS) is 17.7. The van der Waals surface area contributed by atoms with Crippen molar-refractivity contribution in [1.82, 2.24) is 20.9 Å². The van der Waals surface area contributed by atoms with E-state index in [0.717, 1.165) is 22.4 Å². The Kier molecular flexibility index (Phi) is 14.7. The van der Waals surface area contributed by atoms with Gasteiger partial charge in [0.2, 0.25) is 17.7 Å². The van der Waals surface area contributed by atoms with Crippen LogP contribution < -0.4 is 20.7 Å². The molecule has 1 unspecified atom stereocenters. The molecule has 0 saturated carbocycles. The first-order valence-electron chi connectivity index (χ1n) is 17.7. The molecule has 0 aliphatic carbocycles. The van der Waals surface area contributed by atoms with Crippen molar-refractivity contribution >= 4 is 17.7 Å². The summed E-state index contributed by atoms with van der Waals surface area (Å²) in [5, 5.41) is 19.2. The van der Waals surface area contributed by atoms with E-state index in [2.05, 4.69) is 34.1 Å². The molecule has 0 aromatic heterocycles. The molecule has 1 fully saturated rings. The maximum Gasteiger partial charge on any atom is 0.249 e. The van der Waals surface area contributed by atoms with Crippen LogP contribution in [0.25, 0.3) is 0 Å². The van der Waals surface area contributed by atoms with Crippen LogP contribution in [0.1, 0.15) is 69.1 Å². The standard InChI is InChI=1S/C40H54N4O5/c1-4-30(2)40(43-37(46)19-12-26-45)23-25-44(39(40)48)36(21-20-31-13-7-5-8-14-31)38(47)42-34(27-32-15-9-6-10-16-32)22-24-41-29-33-17-11-18-35(28-33)49-3/h5-11,13-18,28,30,34,36,41,45H,4,12,19-27,29H2,1-3H3,(H,42,47)(H,43,46)/t30?,34-,36+,40+/m1/s1. The number of benzene rings is 3. The third kappa shape index (κ3) is 10.6. The Hall–Kier alpha value is -4.21. The Bertz CT molecular complexity index is 1470. The third-order valence-electron chi connectivity index (χ3n) is 9.80. The largest absolute Gasteiger partial charge is 0.497 e. The highest BCUT2D eigenvalue weighted by Crippen LogP contribution is 2.35. The fourth-order valence-electron chi connectivity index (χ4n) is 6.74. The van der Waals surface area contributed by atoms with Crippen molar-refractivity contribution in [2.75, 3.05) is 26.8 Å². The van der Waals surface area contributed by atoms with Crippen LogP contribution in [-0.4, -0.2) is 72.2 Å². The van der Waals surface area contributed by atoms with E-state index in [9.17, 15) is 19.5 Å². The zero-order valence-electron chi connectivity index (χ0n) is 29.3. The molecule has 1 saturated heterocycles. The molecule has 1 aliphatic rings. The van der Waals surface area contributed by atoms with Crippen LogP contribution in [0.3, 0.4) is 0 Å². The van der Waals surface area contributed by atoms with Gasteiger partial charge in [-0.15, -0.1) is 0 Å². The second-order valence-corrected chi connectivity index (χ2v) is 13.2. The van der Waals surface area contributed by atoms with E-state index in [4.69, 9.17) is 4.74 Å². The van der Waals surface area contributed by atoms with Crippen LogP contribution in [0.4, 0.5) is 0 Å². The monoisotopic (exact) mass is 670 g/mol. The zero-order valence-corrected chi connectivity index (χ0v) is 29.3. The van der Waals surface area contributed by atoms with Gasteiger partial charge in [-0.25, -0.2) is 0 Å². The molecule has 0 bridgehead atoms. The minimum atomic E-state index is -1.08. The van der Waals surface area contributed by atoms with Gasteiger partial charge in [-0.2, -0.15) is 0 Å². The van der Waals surface area contributed by atoms with Crippen molar-refractivity contribution in [2.45, 2.75) is 89.4 Å². The number of methoxy groups -OCH3 is 1. The predicted molar refractivity (Wildman–Crippen MR) is 193 cm³/mol. The van der Waals surface area contributed by atoms with Crippen LogP contribution >= 0.6 is 0 Å². The molecule has 0 radical (unpaired) electrons. The van der Waals surface area contributed by atoms with Gasteiger partial charge in [-0.3, -0.25) is 14.4 Å². The van der Waals surface area contributed by atoms with Crippen molar-refractivity contribution in [3.05, 3.63) is 102 Å². The van der Waals surface area contributed by atoms with E-state index in [1.54, 1.807) is 12.0 Å². The molecular weight excluding hydrogens is 616 g/mol. The fourth-order valence-corrected chi connectivity index (χ4v) is 6.74. The Balaban J connectivity index is 1.53. The number of likely N-dealkylation sites (tertiary alicyclic amines) is 1. The average Bonchev–Trinajstić information content (AvgIpc) is 3.45. The third-order valence-corrected chi connectivity index (χ3v) is 9.80. The van der Waals surface area contributed by atoms with Crippen LogP contribution in [-0.2, 0) is 33.8 Å². The van der Waals surface area contributed by atoms with E-state index in [1.165, 1.54) is 0 Å². The minimum Gasteiger partial charge on any atom is -0.497 e. The number of aliphatic hydroxyl groups excluding tert-OH is 1. The van der Waals surface area contributed by atoms with Crippen molar-refractivity contribution < 1.29 is 24.2 Å². The number of aliphatic hydroxyl groups is 1. The Morgan fingerprint density at radius 2 is 1.65 bits per heavy atom. The summed E-state index contributed by atoms with van der Waals surface area (Å²) in [5.74, 6) is 0.0618. The number of aryl methyl sites for hydroxylation is 1. The van der Waals surface area contributed by atoms with Gasteiger partial charge in [0.1, 0.15) is 17.3 Å². The quantitative estimate of drug-likeness (QED) is 0.128. The van der Waals surface area contributed by atoms with Crippen LogP contribution in [0.2, 0.25) is 0 Å². The molecule has 3 aromatic carbocycles. The van der Waals surface area contributed by atoms with Gasteiger partial charge in [0.15, 0.2) is 0 Å². The number of nitrogens with one attached hydrogen (secondary N) is 3. The SMILES string of the molecule is CCC(C)[C@@]1(NC(=O)CCCO)CCN([C@@H](CCc2ccccc2)C(=O)N[C@H](CCNCc2cccc(OC)c2)Cc2ccccc2)C1=O. The second kappa shape index (κ2) is 19.1. The van der Waals surface area contributed by atoms with Gasteiger partial charge >= 0.3 is 0 Å². The lowest BCUT2D eigenvalue weighted by Crippen LogP contribution is -2.60. The smallest absolute Gasteiger partial charge is 0.249 e. The number of carbonyl (C=O) groups is 3. The number of hydrogen-bond donors (Lipinski definition) is 4. The molecule has 49 heavy (non-hydrogen) atoms. The molecule has 264 valence electrons. The zero-order chi connectivity index (χ0) is 35.1. The Morgan fingerprint density at radius 3 is 2.33 bits per heavy atom. The summed E-state index contributed by atoms with van der Waals surface area (Å²) in [5.41, 5.74) is 2.25. The molecule has 3 amide bonds. The van der Waals surface area contributed by atoms with E-state index < -0.39 is 11.6 Å². The maximum atomic E-state index is 14.4. The van der Waals surface area contributed by atoms with Crippen LogP contribution in [0.5, 0.6) is 5.75 Å². The molecule has 4 N–H and O–H groups in total. The topological polar surface area (TPSA) is 120 Å². The van der Waals surface area contributed by atoms with Crippen molar-refractivity contribution in [3.8, 4) is 5.75 Å². The number of amides is 3. The van der Waals surface area contributed by atoms with Crippen molar-refractivity contribution in [1.29, 1.82) is 0 Å². The summed E-state index contributed by atoms with van der Waals surface area (Å²) >= 11 is 0. The number of hydrogen-bond acceptors (Lipinski definition) is 6. The summed E-state index contributed by atoms with van der Waals surface area (Å²) in [6.45, 7) is 5.64. The summed E-state index contributed by atoms with van der Waals surface area (Å²) in [6, 6.07) is 27.2. The lowest BCUT2D eigenvalue weighted by atomic mass is 9.81. The Morgan fingerprint density at radius 1 is 0.959 bits per heavy atom. The number of ether oxygens (including phenoxy) is 1. The van der Waals surface area contributed by atoms with E-state index in [0.29, 0.717) is 64.6 Å². The van der Waals surface area contributed by atoms with Gasteiger partial charge in [-0.1, -0.05) is 93.1 Å². The van der Waals surface area contributed by atoms with Crippen LogP contribution in [0, 0.1) is 5.92 Å². The highest BCUT2D eigenvalue weighted by Gasteiger charge is 2.53. The summed E-state index contributed by atoms with van der Waals surface area (Å²) in [4.78, 5) is 43.4. The fraction of sp³-hybridized carbons (Fsp3) is 0.475. The first-order chi connectivity index (χ1) is 23.8. The minimum absolute atomic E-state index is 0.0910. The van der Waals surface area contributed by atoms with Gasteiger partial charge in [0.25, 0.3) is 0 Å². The van der Waals surface area contributed by atoms with Crippen LogP contribution in [0.15, 0.2) is 84.9 Å². The number of carbonyl (C=O) groups excluding carboxylic acids is 3. The van der Waals surface area contributed by atoms with E-state index >= 15 is 0 Å². The summed E-state index contributed by atoms with van der Waals surface area (Å²) in [6.07, 6.45) is 4.06. The molecule has 1 heterocycles. The summed E-state index contributed by atoms with van der Waals surface area (Å²) in [7, 11) is 1.66. The molecule has 4 rings (SSSR count). The van der Waals surface area contributed by atoms with Crippen molar-refractivity contribution in [3.63, 3.8) is 0 Å². The molecule has 4 atom stereocenters. The van der Waals surface area contributed by atoms with Gasteiger partial charge < -0.3 is 30.7 Å². The number of nitrogens with zero attached hydrogens (tertiary/aromatic N) is 1. The highest BCUT2D eigenvalue weighted by molar-refractivity contribution is 5.97. The number of rotatable bonds is 20. The van der Waals surface area contributed by atoms with Gasteiger partial charge in [-0.05, 0) is 79.8 Å². The maximum absolute atomic E-state index is 14.4. The van der Waals surface area contributed by atoms with Gasteiger partial charge in [0, 0.05) is 32.2 Å². The van der Waals surface area contributed by atoms with Crippen molar-refractivity contribution in [2.24, 2.45) is 5.92 Å². The summed E-state index contributed by atoms with van der Waals surface area (Å²) < 4.78 is 5.36. The van der Waals surface area contributed by atoms with E-state index in [1.807, 2.05) is 80.6 Å². The van der Waals surface area contributed by atoms with Gasteiger partial charge in [0.05, 0.1) is 7.11 Å². The highest BCUT2D eigenvalue weighted by atomic mass is 16.5. The second-order valence-electron chi connectivity index (χ2n) is 13.2. The molecule has 3 aromatic rings. The lowest BCUT2D eigenvalue weighted by Gasteiger charge is -2.36. The molecule has 1 aliphatic heterocycles. The lowest BCUT2D eigenvalue weighted by molar-refractivity contribution is -0.144. The first kappa shape index (κ1) is 37.6. The van der Waals surface area contributed by atoms with E-state index in [-0.39, 0.29) is 42.7 Å². The molecular formula is C40H54N4O5. The first-order valence-corrected chi connectivity index (χ1v) is 17.7. The average molecular weight is 671 g/mol. The molecule has 9 heteroatoms. The molecule has 0 spiro atoms. The Labute approximate surface area is 291 Å².